The first-order valence-corrected chi connectivity index (χ1v) is 6.52. The Bertz CT molecular complexity index is 406. The minimum atomic E-state index is -0.155. The Morgan fingerprint density at radius 2 is 2.22 bits per heavy atom. The van der Waals surface area contributed by atoms with Crippen molar-refractivity contribution in [3.63, 3.8) is 0 Å². The van der Waals surface area contributed by atoms with Crippen LogP contribution in [0.3, 0.4) is 0 Å². The molecule has 100 valence electrons. The van der Waals surface area contributed by atoms with Crippen molar-refractivity contribution >= 4 is 5.69 Å². The van der Waals surface area contributed by atoms with Crippen molar-refractivity contribution in [3.05, 3.63) is 29.6 Å². The smallest absolute Gasteiger partial charge is 0.146 e. The maximum absolute atomic E-state index is 14.0. The van der Waals surface area contributed by atoms with Gasteiger partial charge in [-0.15, -0.1) is 0 Å². The molecule has 0 aliphatic carbocycles. The van der Waals surface area contributed by atoms with Gasteiger partial charge in [-0.1, -0.05) is 12.1 Å². The molecule has 1 aliphatic rings. The van der Waals surface area contributed by atoms with E-state index in [1.807, 2.05) is 6.07 Å². The zero-order chi connectivity index (χ0) is 13.1. The van der Waals surface area contributed by atoms with E-state index in [1.165, 1.54) is 12.5 Å². The summed E-state index contributed by atoms with van der Waals surface area (Å²) in [7, 11) is 4.17. The van der Waals surface area contributed by atoms with Crippen LogP contribution in [0.4, 0.5) is 10.1 Å². The third kappa shape index (κ3) is 2.65. The van der Waals surface area contributed by atoms with Crippen LogP contribution in [0.5, 0.6) is 0 Å². The highest BCUT2D eigenvalue weighted by molar-refractivity contribution is 5.55. The largest absolute Gasteiger partial charge is 0.367 e. The van der Waals surface area contributed by atoms with E-state index in [9.17, 15) is 4.39 Å². The number of nitrogens with two attached hydrogens (primary N) is 1. The number of para-hydroxylation sites is 1. The van der Waals surface area contributed by atoms with E-state index in [-0.39, 0.29) is 5.82 Å². The van der Waals surface area contributed by atoms with Crippen LogP contribution in [0.25, 0.3) is 0 Å². The highest BCUT2D eigenvalue weighted by Crippen LogP contribution is 2.28. The van der Waals surface area contributed by atoms with E-state index in [1.54, 1.807) is 6.07 Å². The zero-order valence-electron chi connectivity index (χ0n) is 11.2. The molecule has 0 radical (unpaired) electrons. The Kier molecular flexibility index (Phi) is 4.19. The molecule has 1 aliphatic heterocycles. The first-order valence-electron chi connectivity index (χ1n) is 6.52. The standard InChI is InChI=1S/C14H22FN3/c1-17(2)12-6-4-8-18(10-12)14-11(9-16)5-3-7-13(14)15/h3,5,7,12H,4,6,8-10,16H2,1-2H3. The first kappa shape index (κ1) is 13.3. The van der Waals surface area contributed by atoms with Crippen molar-refractivity contribution in [3.8, 4) is 0 Å². The molecule has 1 atom stereocenters. The molecule has 1 fully saturated rings. The topological polar surface area (TPSA) is 32.5 Å². The summed E-state index contributed by atoms with van der Waals surface area (Å²) in [6.07, 6.45) is 2.27. The van der Waals surface area contributed by atoms with Crippen molar-refractivity contribution in [2.75, 3.05) is 32.1 Å². The Morgan fingerprint density at radius 1 is 1.44 bits per heavy atom. The number of benzene rings is 1. The van der Waals surface area contributed by atoms with Gasteiger partial charge in [-0.2, -0.15) is 0 Å². The van der Waals surface area contributed by atoms with Crippen molar-refractivity contribution < 1.29 is 4.39 Å². The minimum Gasteiger partial charge on any atom is -0.367 e. The second-order valence-corrected chi connectivity index (χ2v) is 5.16. The molecule has 1 unspecified atom stereocenters. The molecular weight excluding hydrogens is 229 g/mol. The van der Waals surface area contributed by atoms with E-state index < -0.39 is 0 Å². The van der Waals surface area contributed by atoms with Gasteiger partial charge in [0.15, 0.2) is 0 Å². The van der Waals surface area contributed by atoms with Gasteiger partial charge in [0.05, 0.1) is 5.69 Å². The summed E-state index contributed by atoms with van der Waals surface area (Å²) in [6.45, 7) is 2.18. The van der Waals surface area contributed by atoms with Crippen LogP contribution in [-0.4, -0.2) is 38.1 Å². The quantitative estimate of drug-likeness (QED) is 0.889. The third-order valence-corrected chi connectivity index (χ3v) is 3.73. The van der Waals surface area contributed by atoms with Crippen LogP contribution in [-0.2, 0) is 6.54 Å². The van der Waals surface area contributed by atoms with Crippen LogP contribution in [0, 0.1) is 5.82 Å². The molecule has 4 heteroatoms. The molecule has 0 aromatic heterocycles. The normalized spacial score (nSPS) is 20.5. The number of piperidine rings is 1. The fraction of sp³-hybridized carbons (Fsp3) is 0.571. The second kappa shape index (κ2) is 5.67. The van der Waals surface area contributed by atoms with Gasteiger partial charge in [-0.05, 0) is 38.6 Å². The van der Waals surface area contributed by atoms with Crippen LogP contribution in [0.1, 0.15) is 18.4 Å². The molecule has 2 rings (SSSR count). The van der Waals surface area contributed by atoms with E-state index in [0.717, 1.165) is 25.1 Å². The molecule has 0 bridgehead atoms. The number of rotatable bonds is 3. The van der Waals surface area contributed by atoms with Gasteiger partial charge in [-0.3, -0.25) is 0 Å². The predicted octanol–water partition coefficient (Wildman–Crippen LogP) is 1.81. The molecule has 1 aromatic carbocycles. The molecule has 0 saturated carbocycles. The highest BCUT2D eigenvalue weighted by atomic mass is 19.1. The maximum atomic E-state index is 14.0. The lowest BCUT2D eigenvalue weighted by molar-refractivity contribution is 0.257. The molecule has 3 nitrogen and oxygen atoms in total. The fourth-order valence-corrected chi connectivity index (χ4v) is 2.66. The molecule has 0 amide bonds. The van der Waals surface area contributed by atoms with Crippen molar-refractivity contribution in [2.24, 2.45) is 5.73 Å². The summed E-state index contributed by atoms with van der Waals surface area (Å²) in [4.78, 5) is 4.36. The zero-order valence-corrected chi connectivity index (χ0v) is 11.2. The van der Waals surface area contributed by atoms with E-state index in [0.29, 0.717) is 18.3 Å². The lowest BCUT2D eigenvalue weighted by Crippen LogP contribution is -2.45. The van der Waals surface area contributed by atoms with E-state index in [2.05, 4.69) is 23.9 Å². The maximum Gasteiger partial charge on any atom is 0.146 e. The molecule has 1 saturated heterocycles. The first-order chi connectivity index (χ1) is 8.63. The summed E-state index contributed by atoms with van der Waals surface area (Å²) in [6, 6.07) is 5.66. The van der Waals surface area contributed by atoms with Crippen LogP contribution in [0.2, 0.25) is 0 Å². The highest BCUT2D eigenvalue weighted by Gasteiger charge is 2.24. The van der Waals surface area contributed by atoms with Gasteiger partial charge in [0.2, 0.25) is 0 Å². The second-order valence-electron chi connectivity index (χ2n) is 5.16. The van der Waals surface area contributed by atoms with E-state index >= 15 is 0 Å². The number of hydrogen-bond donors (Lipinski definition) is 1. The minimum absolute atomic E-state index is 0.155. The number of anilines is 1. The summed E-state index contributed by atoms with van der Waals surface area (Å²) in [5.74, 6) is -0.155. The SMILES string of the molecule is CN(C)C1CCCN(c2c(F)cccc2CN)C1. The monoisotopic (exact) mass is 251 g/mol. The number of nitrogens with zero attached hydrogens (tertiary/aromatic N) is 2. The number of hydrogen-bond acceptors (Lipinski definition) is 3. The third-order valence-electron chi connectivity index (χ3n) is 3.73. The van der Waals surface area contributed by atoms with Crippen LogP contribution < -0.4 is 10.6 Å². The number of likely N-dealkylation sites (N-methyl/N-ethyl adjacent to an activating group) is 1. The van der Waals surface area contributed by atoms with Gasteiger partial charge in [0.1, 0.15) is 5.82 Å². The molecule has 1 aromatic rings. The van der Waals surface area contributed by atoms with Crippen molar-refractivity contribution in [1.82, 2.24) is 4.90 Å². The molecule has 18 heavy (non-hydrogen) atoms. The number of halogens is 1. The Morgan fingerprint density at radius 3 is 2.89 bits per heavy atom. The lowest BCUT2D eigenvalue weighted by Gasteiger charge is -2.38. The Balaban J connectivity index is 2.25. The molecule has 2 N–H and O–H groups in total. The molecule has 1 heterocycles. The molecular formula is C14H22FN3. The summed E-state index contributed by atoms with van der Waals surface area (Å²) in [5, 5.41) is 0. The van der Waals surface area contributed by atoms with Gasteiger partial charge >= 0.3 is 0 Å². The summed E-state index contributed by atoms with van der Waals surface area (Å²) >= 11 is 0. The van der Waals surface area contributed by atoms with Gasteiger partial charge in [0, 0.05) is 25.7 Å². The van der Waals surface area contributed by atoms with Crippen LogP contribution >= 0.6 is 0 Å². The van der Waals surface area contributed by atoms with Gasteiger partial charge < -0.3 is 15.5 Å². The lowest BCUT2D eigenvalue weighted by atomic mass is 10.0. The van der Waals surface area contributed by atoms with Gasteiger partial charge in [0.25, 0.3) is 0 Å². The molecule has 0 spiro atoms. The average Bonchev–Trinajstić information content (AvgIpc) is 2.38. The van der Waals surface area contributed by atoms with Crippen molar-refractivity contribution in [2.45, 2.75) is 25.4 Å². The van der Waals surface area contributed by atoms with E-state index in [4.69, 9.17) is 5.73 Å². The Hall–Kier alpha value is -1.13. The average molecular weight is 251 g/mol. The Labute approximate surface area is 108 Å². The summed E-state index contributed by atoms with van der Waals surface area (Å²) in [5.41, 5.74) is 7.32. The fourth-order valence-electron chi connectivity index (χ4n) is 2.66. The predicted molar refractivity (Wildman–Crippen MR) is 73.2 cm³/mol. The van der Waals surface area contributed by atoms with Crippen LogP contribution in [0.15, 0.2) is 18.2 Å². The summed E-state index contributed by atoms with van der Waals surface area (Å²) < 4.78 is 14.0. The van der Waals surface area contributed by atoms with Crippen molar-refractivity contribution in [1.29, 1.82) is 0 Å². The van der Waals surface area contributed by atoms with Gasteiger partial charge in [-0.25, -0.2) is 4.39 Å².